The first-order valence-electron chi connectivity index (χ1n) is 23.3. The number of benzene rings is 10. The Morgan fingerprint density at radius 1 is 0.206 bits per heavy atom. The molecule has 0 bridgehead atoms. The van der Waals surface area contributed by atoms with Crippen LogP contribution in [0.4, 0.5) is 0 Å². The van der Waals surface area contributed by atoms with Gasteiger partial charge in [-0.05, 0) is 72.8 Å². The Labute approximate surface area is 397 Å². The summed E-state index contributed by atoms with van der Waals surface area (Å²) in [4.78, 5) is 15.0. The molecule has 0 saturated heterocycles. The SMILES string of the molecule is c1ccc(-c2nc(-c3ccccc3)nc(-c3ccc(-c4ccccc4-c4ccc5c(c4)C(c4ccccc4)(c4ccccc4)C(c4ccccc4)(c4ccccc4)c4ccccc4-5)cc3)n2)cc1. The van der Waals surface area contributed by atoms with E-state index in [9.17, 15) is 0 Å². The van der Waals surface area contributed by atoms with Crippen molar-refractivity contribution in [3.05, 3.63) is 306 Å². The fraction of sp³-hybridized carbons (Fsp3) is 0.0308. The molecule has 68 heavy (non-hydrogen) atoms. The Hall–Kier alpha value is -8.79. The Bertz CT molecular complexity index is 3390. The van der Waals surface area contributed by atoms with Crippen LogP contribution in [0.5, 0.6) is 0 Å². The zero-order valence-electron chi connectivity index (χ0n) is 37.3. The van der Waals surface area contributed by atoms with Gasteiger partial charge in [0, 0.05) is 16.7 Å². The Morgan fingerprint density at radius 3 is 0.941 bits per heavy atom. The van der Waals surface area contributed by atoms with Gasteiger partial charge in [-0.2, -0.15) is 0 Å². The lowest BCUT2D eigenvalue weighted by Gasteiger charge is -2.57. The third-order valence-corrected chi connectivity index (χ3v) is 13.8. The van der Waals surface area contributed by atoms with Crippen LogP contribution in [0, 0.1) is 0 Å². The number of hydrogen-bond acceptors (Lipinski definition) is 3. The van der Waals surface area contributed by atoms with E-state index in [4.69, 9.17) is 15.0 Å². The van der Waals surface area contributed by atoms with Gasteiger partial charge in [-0.25, -0.2) is 15.0 Å². The monoisotopic (exact) mass is 867 g/mol. The Kier molecular flexibility index (Phi) is 10.3. The topological polar surface area (TPSA) is 38.7 Å². The number of rotatable bonds is 9. The zero-order chi connectivity index (χ0) is 45.3. The number of hydrogen-bond donors (Lipinski definition) is 0. The highest BCUT2D eigenvalue weighted by Gasteiger charge is 2.61. The summed E-state index contributed by atoms with van der Waals surface area (Å²) >= 11 is 0. The smallest absolute Gasteiger partial charge is 0.164 e. The average Bonchev–Trinajstić information content (AvgIpc) is 3.44. The summed E-state index contributed by atoms with van der Waals surface area (Å²) < 4.78 is 0. The highest BCUT2D eigenvalue weighted by molar-refractivity contribution is 5.90. The van der Waals surface area contributed by atoms with Crippen LogP contribution in [0.15, 0.2) is 273 Å². The summed E-state index contributed by atoms with van der Waals surface area (Å²) in [6.07, 6.45) is 0. The fourth-order valence-corrected chi connectivity index (χ4v) is 11.0. The van der Waals surface area contributed by atoms with Gasteiger partial charge in [0.1, 0.15) is 0 Å². The molecule has 0 spiro atoms. The lowest BCUT2D eigenvalue weighted by atomic mass is 9.43. The molecule has 1 heterocycles. The van der Waals surface area contributed by atoms with Gasteiger partial charge in [0.2, 0.25) is 0 Å². The van der Waals surface area contributed by atoms with Crippen LogP contribution in [-0.2, 0) is 10.8 Å². The molecule has 320 valence electrons. The van der Waals surface area contributed by atoms with E-state index < -0.39 is 10.8 Å². The molecule has 0 saturated carbocycles. The van der Waals surface area contributed by atoms with Crippen LogP contribution in [-0.4, -0.2) is 15.0 Å². The van der Waals surface area contributed by atoms with Crippen molar-refractivity contribution >= 4 is 0 Å². The van der Waals surface area contributed by atoms with Crippen LogP contribution in [0.3, 0.4) is 0 Å². The molecule has 11 aromatic rings. The molecule has 1 aromatic heterocycles. The summed E-state index contributed by atoms with van der Waals surface area (Å²) in [5.74, 6) is 1.92. The van der Waals surface area contributed by atoms with Crippen LogP contribution < -0.4 is 0 Å². The summed E-state index contributed by atoms with van der Waals surface area (Å²) in [7, 11) is 0. The minimum absolute atomic E-state index is 0.631. The van der Waals surface area contributed by atoms with Gasteiger partial charge >= 0.3 is 0 Å². The van der Waals surface area contributed by atoms with E-state index in [0.29, 0.717) is 17.5 Å². The summed E-state index contributed by atoms with van der Waals surface area (Å²) in [5.41, 5.74) is 15.8. The predicted octanol–water partition coefficient (Wildman–Crippen LogP) is 15.6. The van der Waals surface area contributed by atoms with Crippen LogP contribution in [0.2, 0.25) is 0 Å². The number of nitrogens with zero attached hydrogens (tertiary/aromatic N) is 3. The predicted molar refractivity (Wildman–Crippen MR) is 278 cm³/mol. The third kappa shape index (κ3) is 6.62. The fourth-order valence-electron chi connectivity index (χ4n) is 11.0. The maximum absolute atomic E-state index is 5.02. The molecular weight excluding hydrogens is 823 g/mol. The molecule has 3 heteroatoms. The van der Waals surface area contributed by atoms with Crippen molar-refractivity contribution in [2.75, 3.05) is 0 Å². The molecular formula is C65H45N3. The van der Waals surface area contributed by atoms with Crippen molar-refractivity contribution in [2.45, 2.75) is 10.8 Å². The molecule has 0 N–H and O–H groups in total. The van der Waals surface area contributed by atoms with Crippen molar-refractivity contribution < 1.29 is 0 Å². The van der Waals surface area contributed by atoms with Gasteiger partial charge < -0.3 is 0 Å². The van der Waals surface area contributed by atoms with Crippen molar-refractivity contribution in [1.29, 1.82) is 0 Å². The first kappa shape index (κ1) is 40.7. The van der Waals surface area contributed by atoms with Crippen LogP contribution >= 0.6 is 0 Å². The first-order valence-corrected chi connectivity index (χ1v) is 23.3. The number of aromatic nitrogens is 3. The number of fused-ring (bicyclic) bond motifs is 3. The normalized spacial score (nSPS) is 13.2. The highest BCUT2D eigenvalue weighted by Crippen LogP contribution is 2.65. The molecule has 0 amide bonds. The van der Waals surface area contributed by atoms with E-state index >= 15 is 0 Å². The minimum Gasteiger partial charge on any atom is -0.208 e. The summed E-state index contributed by atoms with van der Waals surface area (Å²) in [6.45, 7) is 0. The second-order valence-corrected chi connectivity index (χ2v) is 17.4. The second-order valence-electron chi connectivity index (χ2n) is 17.4. The quantitative estimate of drug-likeness (QED) is 0.145. The van der Waals surface area contributed by atoms with E-state index in [2.05, 4.69) is 212 Å². The maximum Gasteiger partial charge on any atom is 0.164 e. The standard InChI is InChI=1S/C65H45N3/c1-7-23-47(24-8-1)61-66-62(48-25-9-2-10-26-48)68-63(67-61)49-41-39-46(40-42-49)55-35-19-20-36-56(55)50-43-44-58-57-37-21-22-38-59(57)64(51-27-11-3-12-28-51,52-29-13-4-14-30-52)65(60(58)45-50,53-31-15-5-16-32-53)54-33-17-6-18-34-54/h1-45H. The largest absolute Gasteiger partial charge is 0.208 e. The van der Waals surface area contributed by atoms with Gasteiger partial charge in [0.15, 0.2) is 17.5 Å². The zero-order valence-corrected chi connectivity index (χ0v) is 37.3. The van der Waals surface area contributed by atoms with Crippen LogP contribution in [0.25, 0.3) is 67.5 Å². The van der Waals surface area contributed by atoms with Crippen molar-refractivity contribution in [1.82, 2.24) is 15.0 Å². The Balaban J connectivity index is 1.07. The third-order valence-electron chi connectivity index (χ3n) is 13.8. The van der Waals surface area contributed by atoms with E-state index in [1.807, 2.05) is 60.7 Å². The summed E-state index contributed by atoms with van der Waals surface area (Å²) in [5, 5.41) is 0. The molecule has 10 aromatic carbocycles. The molecule has 0 fully saturated rings. The molecule has 0 atom stereocenters. The van der Waals surface area contributed by atoms with Crippen LogP contribution in [0.1, 0.15) is 33.4 Å². The second kappa shape index (κ2) is 17.2. The Morgan fingerprint density at radius 2 is 0.500 bits per heavy atom. The molecule has 3 nitrogen and oxygen atoms in total. The van der Waals surface area contributed by atoms with Gasteiger partial charge in [0.05, 0.1) is 10.8 Å². The van der Waals surface area contributed by atoms with Gasteiger partial charge in [-0.15, -0.1) is 0 Å². The summed E-state index contributed by atoms with van der Waals surface area (Å²) in [6, 6.07) is 98.8. The minimum atomic E-state index is -0.740. The molecule has 1 aliphatic carbocycles. The van der Waals surface area contributed by atoms with E-state index in [0.717, 1.165) is 38.9 Å². The van der Waals surface area contributed by atoms with Gasteiger partial charge in [-0.3, -0.25) is 0 Å². The molecule has 1 aliphatic rings. The van der Waals surface area contributed by atoms with Crippen molar-refractivity contribution in [3.8, 4) is 67.5 Å². The van der Waals surface area contributed by atoms with Crippen molar-refractivity contribution in [2.24, 2.45) is 0 Å². The molecule has 0 unspecified atom stereocenters. The molecule has 12 rings (SSSR count). The van der Waals surface area contributed by atoms with Gasteiger partial charge in [0.25, 0.3) is 0 Å². The van der Waals surface area contributed by atoms with Gasteiger partial charge in [-0.1, -0.05) is 267 Å². The lowest BCUT2D eigenvalue weighted by Crippen LogP contribution is -2.54. The first-order chi connectivity index (χ1) is 33.7. The van der Waals surface area contributed by atoms with Crippen molar-refractivity contribution in [3.63, 3.8) is 0 Å². The van der Waals surface area contributed by atoms with E-state index in [-0.39, 0.29) is 0 Å². The van der Waals surface area contributed by atoms with E-state index in [1.165, 1.54) is 44.5 Å². The maximum atomic E-state index is 5.02. The lowest BCUT2D eigenvalue weighted by molar-refractivity contribution is 0.415. The molecule has 0 radical (unpaired) electrons. The average molecular weight is 868 g/mol. The van der Waals surface area contributed by atoms with E-state index in [1.54, 1.807) is 0 Å². The molecule has 0 aliphatic heterocycles. The highest BCUT2D eigenvalue weighted by atomic mass is 15.0.